The van der Waals surface area contributed by atoms with E-state index in [9.17, 15) is 4.39 Å². The molecule has 2 aromatic carbocycles. The van der Waals surface area contributed by atoms with Crippen LogP contribution in [0.3, 0.4) is 0 Å². The predicted molar refractivity (Wildman–Crippen MR) is 121 cm³/mol. The molecule has 1 N–H and O–H groups in total. The van der Waals surface area contributed by atoms with Crippen molar-refractivity contribution in [3.05, 3.63) is 95.5 Å². The van der Waals surface area contributed by atoms with Gasteiger partial charge in [-0.3, -0.25) is 4.68 Å². The van der Waals surface area contributed by atoms with Crippen LogP contribution in [0.1, 0.15) is 22.5 Å². The molecule has 0 amide bonds. The summed E-state index contributed by atoms with van der Waals surface area (Å²) in [5.74, 6) is 0.402. The third-order valence-corrected chi connectivity index (χ3v) is 5.58. The van der Waals surface area contributed by atoms with Crippen LogP contribution in [0.5, 0.6) is 0 Å². The molecule has 32 heavy (non-hydrogen) atoms. The molecule has 0 fully saturated rings. The van der Waals surface area contributed by atoms with Gasteiger partial charge in [-0.05, 0) is 43.7 Å². The van der Waals surface area contributed by atoms with Gasteiger partial charge in [-0.2, -0.15) is 10.2 Å². The van der Waals surface area contributed by atoms with Gasteiger partial charge in [0.25, 0.3) is 0 Å². The van der Waals surface area contributed by atoms with Crippen LogP contribution in [0.15, 0.2) is 67.1 Å². The van der Waals surface area contributed by atoms with Gasteiger partial charge >= 0.3 is 0 Å². The van der Waals surface area contributed by atoms with Crippen molar-refractivity contribution in [1.29, 1.82) is 0 Å². The minimum atomic E-state index is -0.291. The summed E-state index contributed by atoms with van der Waals surface area (Å²) < 4.78 is 17.0. The van der Waals surface area contributed by atoms with Gasteiger partial charge in [0.05, 0.1) is 29.5 Å². The fraction of sp³-hybridized carbons (Fsp3) is 0.167. The quantitative estimate of drug-likeness (QED) is 0.434. The van der Waals surface area contributed by atoms with E-state index in [2.05, 4.69) is 39.4 Å². The molecule has 0 radical (unpaired) electrons. The summed E-state index contributed by atoms with van der Waals surface area (Å²) in [7, 11) is 0. The van der Waals surface area contributed by atoms with Gasteiger partial charge in [-0.15, -0.1) is 0 Å². The molecule has 0 aliphatic rings. The molecule has 0 unspecified atom stereocenters. The SMILES string of the molecule is Cc1nn(Cc2ccccc2)c(C)c1CNc1ncnc2c1cnn2-c1ccc(F)cc1. The van der Waals surface area contributed by atoms with Crippen LogP contribution in [-0.2, 0) is 13.1 Å². The first kappa shape index (κ1) is 19.9. The van der Waals surface area contributed by atoms with E-state index in [-0.39, 0.29) is 5.82 Å². The van der Waals surface area contributed by atoms with E-state index in [1.165, 1.54) is 24.0 Å². The molecule has 0 spiro atoms. The second-order valence-electron chi connectivity index (χ2n) is 7.64. The van der Waals surface area contributed by atoms with E-state index in [4.69, 9.17) is 5.10 Å². The van der Waals surface area contributed by atoms with Gasteiger partial charge in [-0.1, -0.05) is 30.3 Å². The Morgan fingerprint density at radius 3 is 2.53 bits per heavy atom. The van der Waals surface area contributed by atoms with Crippen molar-refractivity contribution in [2.24, 2.45) is 0 Å². The Labute approximate surface area is 184 Å². The first-order valence-electron chi connectivity index (χ1n) is 10.4. The monoisotopic (exact) mass is 427 g/mol. The summed E-state index contributed by atoms with van der Waals surface area (Å²) in [6.45, 7) is 5.42. The number of aryl methyl sites for hydroxylation is 1. The Morgan fingerprint density at radius 1 is 0.969 bits per heavy atom. The maximum Gasteiger partial charge on any atom is 0.168 e. The molecule has 3 aromatic heterocycles. The number of fused-ring (bicyclic) bond motifs is 1. The molecule has 0 saturated carbocycles. The standard InChI is InChI=1S/C24H22FN7/c1-16-21(17(2)31(30-16)14-18-6-4-3-5-7-18)12-26-23-22-13-29-32(24(22)28-15-27-23)20-10-8-19(25)9-11-20/h3-11,13,15H,12,14H2,1-2H3,(H,26,27,28). The van der Waals surface area contributed by atoms with Crippen molar-refractivity contribution in [2.45, 2.75) is 26.9 Å². The summed E-state index contributed by atoms with van der Waals surface area (Å²) in [6.07, 6.45) is 3.23. The summed E-state index contributed by atoms with van der Waals surface area (Å²) in [5, 5.41) is 13.4. The number of nitrogens with one attached hydrogen (secondary N) is 1. The lowest BCUT2D eigenvalue weighted by Crippen LogP contribution is -2.06. The Hall–Kier alpha value is -4.07. The van der Waals surface area contributed by atoms with Crippen molar-refractivity contribution in [3.8, 4) is 5.69 Å². The highest BCUT2D eigenvalue weighted by Gasteiger charge is 2.15. The third-order valence-electron chi connectivity index (χ3n) is 5.58. The maximum atomic E-state index is 13.3. The van der Waals surface area contributed by atoms with Gasteiger partial charge in [0.1, 0.15) is 18.0 Å². The summed E-state index contributed by atoms with van der Waals surface area (Å²) in [6, 6.07) is 16.4. The Bertz CT molecular complexity index is 1370. The zero-order valence-electron chi connectivity index (χ0n) is 17.8. The van der Waals surface area contributed by atoms with Gasteiger partial charge in [0.15, 0.2) is 5.65 Å². The number of nitrogens with zero attached hydrogens (tertiary/aromatic N) is 6. The molecular formula is C24H22FN7. The van der Waals surface area contributed by atoms with Gasteiger partial charge < -0.3 is 5.32 Å². The fourth-order valence-electron chi connectivity index (χ4n) is 3.83. The minimum absolute atomic E-state index is 0.291. The number of halogens is 1. The molecule has 5 aromatic rings. The highest BCUT2D eigenvalue weighted by Crippen LogP contribution is 2.23. The van der Waals surface area contributed by atoms with Crippen molar-refractivity contribution >= 4 is 16.9 Å². The fourth-order valence-corrected chi connectivity index (χ4v) is 3.83. The molecule has 0 saturated heterocycles. The number of aromatic nitrogens is 6. The lowest BCUT2D eigenvalue weighted by Gasteiger charge is -2.08. The van der Waals surface area contributed by atoms with Crippen molar-refractivity contribution in [2.75, 3.05) is 5.32 Å². The van der Waals surface area contributed by atoms with E-state index in [0.717, 1.165) is 34.6 Å². The predicted octanol–water partition coefficient (Wildman–Crippen LogP) is 4.43. The number of benzene rings is 2. The van der Waals surface area contributed by atoms with E-state index < -0.39 is 0 Å². The van der Waals surface area contributed by atoms with Gasteiger partial charge in [0, 0.05) is 17.8 Å². The highest BCUT2D eigenvalue weighted by molar-refractivity contribution is 5.87. The lowest BCUT2D eigenvalue weighted by atomic mass is 10.2. The van der Waals surface area contributed by atoms with E-state index in [0.29, 0.717) is 18.0 Å². The molecular weight excluding hydrogens is 405 g/mol. The van der Waals surface area contributed by atoms with Crippen molar-refractivity contribution < 1.29 is 4.39 Å². The van der Waals surface area contributed by atoms with Crippen LogP contribution in [-0.4, -0.2) is 29.5 Å². The van der Waals surface area contributed by atoms with Crippen molar-refractivity contribution in [3.63, 3.8) is 0 Å². The van der Waals surface area contributed by atoms with Crippen LogP contribution in [0.25, 0.3) is 16.7 Å². The smallest absolute Gasteiger partial charge is 0.168 e. The lowest BCUT2D eigenvalue weighted by molar-refractivity contribution is 0.627. The number of anilines is 1. The van der Waals surface area contributed by atoms with Crippen LogP contribution >= 0.6 is 0 Å². The zero-order chi connectivity index (χ0) is 22.1. The van der Waals surface area contributed by atoms with Crippen LogP contribution in [0, 0.1) is 19.7 Å². The molecule has 5 rings (SSSR count). The zero-order valence-corrected chi connectivity index (χ0v) is 17.8. The molecule has 8 heteroatoms. The van der Waals surface area contributed by atoms with E-state index >= 15 is 0 Å². The number of hydrogen-bond donors (Lipinski definition) is 1. The van der Waals surface area contributed by atoms with Crippen LogP contribution in [0.4, 0.5) is 10.2 Å². The molecule has 3 heterocycles. The summed E-state index contributed by atoms with van der Waals surface area (Å²) in [5.41, 5.74) is 5.84. The first-order chi connectivity index (χ1) is 15.6. The minimum Gasteiger partial charge on any atom is -0.365 e. The van der Waals surface area contributed by atoms with Gasteiger partial charge in [-0.25, -0.2) is 19.0 Å². The molecule has 0 aliphatic heterocycles. The second kappa shape index (κ2) is 8.22. The van der Waals surface area contributed by atoms with Crippen LogP contribution in [0.2, 0.25) is 0 Å². The Balaban J connectivity index is 1.40. The summed E-state index contributed by atoms with van der Waals surface area (Å²) in [4.78, 5) is 8.80. The first-order valence-corrected chi connectivity index (χ1v) is 10.4. The summed E-state index contributed by atoms with van der Waals surface area (Å²) >= 11 is 0. The third kappa shape index (κ3) is 3.71. The molecule has 0 atom stereocenters. The highest BCUT2D eigenvalue weighted by atomic mass is 19.1. The molecule has 0 aliphatic carbocycles. The van der Waals surface area contributed by atoms with Gasteiger partial charge in [0.2, 0.25) is 0 Å². The number of hydrogen-bond acceptors (Lipinski definition) is 5. The second-order valence-corrected chi connectivity index (χ2v) is 7.64. The molecule has 7 nitrogen and oxygen atoms in total. The van der Waals surface area contributed by atoms with Crippen molar-refractivity contribution in [1.82, 2.24) is 29.5 Å². The molecule has 160 valence electrons. The average Bonchev–Trinajstić information content (AvgIpc) is 3.35. The number of rotatable bonds is 6. The Morgan fingerprint density at radius 2 is 1.75 bits per heavy atom. The van der Waals surface area contributed by atoms with E-state index in [1.54, 1.807) is 23.0 Å². The topological polar surface area (TPSA) is 73.5 Å². The van der Waals surface area contributed by atoms with E-state index in [1.807, 2.05) is 29.8 Å². The normalized spacial score (nSPS) is 11.2. The Kier molecular flexibility index (Phi) is 5.10. The molecule has 0 bridgehead atoms. The van der Waals surface area contributed by atoms with Crippen LogP contribution < -0.4 is 5.32 Å². The largest absolute Gasteiger partial charge is 0.365 e. The maximum absolute atomic E-state index is 13.3. The average molecular weight is 427 g/mol.